The van der Waals surface area contributed by atoms with Gasteiger partial charge in [-0.25, -0.2) is 4.39 Å². The van der Waals surface area contributed by atoms with Gasteiger partial charge >= 0.3 is 6.18 Å². The highest BCUT2D eigenvalue weighted by molar-refractivity contribution is 6.42. The first-order valence-electron chi connectivity index (χ1n) is 13.0. The maximum Gasteiger partial charge on any atom is 0.430 e. The predicted octanol–water partition coefficient (Wildman–Crippen LogP) is 2.64. The largest absolute Gasteiger partial charge is 0.542 e. The number of alkyl halides is 3. The van der Waals surface area contributed by atoms with Crippen molar-refractivity contribution in [2.75, 3.05) is 26.7 Å². The Morgan fingerprint density at radius 1 is 1.12 bits per heavy atom. The number of carbonyl (C=O) groups excluding carboxylic acids is 2. The number of amides is 1. The van der Waals surface area contributed by atoms with E-state index in [1.165, 1.54) is 37.9 Å². The average molecular weight is 619 g/mol. The lowest BCUT2D eigenvalue weighted by atomic mass is 9.79. The zero-order chi connectivity index (χ0) is 30.1. The van der Waals surface area contributed by atoms with Gasteiger partial charge in [-0.2, -0.15) is 13.2 Å². The van der Waals surface area contributed by atoms with Crippen LogP contribution in [-0.4, -0.2) is 64.6 Å². The van der Waals surface area contributed by atoms with Crippen molar-refractivity contribution in [1.82, 2.24) is 14.3 Å². The van der Waals surface area contributed by atoms with Crippen LogP contribution >= 0.6 is 23.2 Å². The fourth-order valence-electron chi connectivity index (χ4n) is 5.69. The molecule has 2 N–H and O–H groups in total. The van der Waals surface area contributed by atoms with Crippen molar-refractivity contribution in [3.05, 3.63) is 73.6 Å². The fourth-order valence-corrected chi connectivity index (χ4v) is 6.14. The number of carbonyl (C=O) groups is 2. The summed E-state index contributed by atoms with van der Waals surface area (Å²) in [6.07, 6.45) is 2.32. The molecule has 2 aromatic heterocycles. The fraction of sp³-hybridized carbons (Fsp3) is 0.444. The minimum absolute atomic E-state index is 0.0788. The number of hydrogen-bond acceptors (Lipinski definition) is 4. The van der Waals surface area contributed by atoms with Crippen LogP contribution in [0.25, 0.3) is 5.52 Å². The van der Waals surface area contributed by atoms with Gasteiger partial charge in [0.25, 0.3) is 11.5 Å². The first kappa shape index (κ1) is 30.9. The number of likely N-dealkylation sites (tertiary alicyclic amines) is 2. The Kier molecular flexibility index (Phi) is 9.05. The lowest BCUT2D eigenvalue weighted by Crippen LogP contribution is -3.19. The molecule has 2 aliphatic rings. The number of hydrogen-bond donors (Lipinski definition) is 2. The van der Waals surface area contributed by atoms with Crippen LogP contribution in [0.5, 0.6) is 0 Å². The molecule has 3 aromatic rings. The molecule has 41 heavy (non-hydrogen) atoms. The number of nitrogens with one attached hydrogen (secondary N) is 2. The van der Waals surface area contributed by atoms with E-state index in [4.69, 9.17) is 33.1 Å². The molecule has 1 amide bonds. The average Bonchev–Trinajstić information content (AvgIpc) is 3.23. The number of aromatic nitrogens is 2. The SMILES string of the molecule is C[NH+]1CCCCC12CCN(C(=O)c1cc(Cc3c[nH]c(=O)c4cc(Cl)c(Cl)n34)ccc1F)CC2.O=C([O-])C(F)(F)F. The Morgan fingerprint density at radius 2 is 1.78 bits per heavy atom. The van der Waals surface area contributed by atoms with E-state index < -0.39 is 18.0 Å². The predicted molar refractivity (Wildman–Crippen MR) is 142 cm³/mol. The van der Waals surface area contributed by atoms with E-state index in [0.717, 1.165) is 18.4 Å². The third-order valence-corrected chi connectivity index (χ3v) is 8.79. The molecular formula is C27H28Cl2F4N4O4. The number of aromatic amines is 1. The summed E-state index contributed by atoms with van der Waals surface area (Å²) >= 11 is 12.4. The first-order chi connectivity index (χ1) is 19.2. The van der Waals surface area contributed by atoms with Crippen molar-refractivity contribution < 1.29 is 37.2 Å². The number of fused-ring (bicyclic) bond motifs is 1. The minimum Gasteiger partial charge on any atom is -0.542 e. The topological polar surface area (TPSA) is 102 Å². The number of halogens is 6. The molecule has 5 rings (SSSR count). The summed E-state index contributed by atoms with van der Waals surface area (Å²) in [4.78, 5) is 40.3. The molecule has 0 bridgehead atoms. The molecule has 8 nitrogen and oxygen atoms in total. The van der Waals surface area contributed by atoms with Gasteiger partial charge in [-0.3, -0.25) is 14.0 Å². The molecule has 0 radical (unpaired) electrons. The van der Waals surface area contributed by atoms with Crippen molar-refractivity contribution in [3.8, 4) is 0 Å². The summed E-state index contributed by atoms with van der Waals surface area (Å²) in [5, 5.41) is 9.31. The van der Waals surface area contributed by atoms with Gasteiger partial charge in [-0.05, 0) is 36.6 Å². The maximum atomic E-state index is 14.8. The zero-order valence-corrected chi connectivity index (χ0v) is 23.6. The Hall–Kier alpha value is -3.09. The Morgan fingerprint density at radius 3 is 2.39 bits per heavy atom. The van der Waals surface area contributed by atoms with Gasteiger partial charge in [0.1, 0.15) is 28.0 Å². The van der Waals surface area contributed by atoms with Crippen LogP contribution < -0.4 is 15.6 Å². The molecule has 2 aliphatic heterocycles. The third kappa shape index (κ3) is 6.54. The van der Waals surface area contributed by atoms with Crippen LogP contribution in [0.15, 0.2) is 35.3 Å². The highest BCUT2D eigenvalue weighted by atomic mass is 35.5. The molecule has 2 fully saturated rings. The molecule has 222 valence electrons. The normalized spacial score (nSPS) is 18.7. The molecule has 1 unspecified atom stereocenters. The van der Waals surface area contributed by atoms with Gasteiger partial charge in [0.05, 0.1) is 24.2 Å². The summed E-state index contributed by atoms with van der Waals surface area (Å²) in [7, 11) is 2.26. The van der Waals surface area contributed by atoms with Gasteiger partial charge in [0, 0.05) is 50.7 Å². The van der Waals surface area contributed by atoms with Crippen LogP contribution in [0.3, 0.4) is 0 Å². The van der Waals surface area contributed by atoms with E-state index in [2.05, 4.69) is 12.0 Å². The molecular weight excluding hydrogens is 591 g/mol. The first-order valence-corrected chi connectivity index (χ1v) is 13.7. The Balaban J connectivity index is 0.000000493. The number of aliphatic carboxylic acids is 1. The van der Waals surface area contributed by atoms with Gasteiger partial charge in [-0.1, -0.05) is 29.3 Å². The van der Waals surface area contributed by atoms with E-state index in [-0.39, 0.29) is 32.7 Å². The van der Waals surface area contributed by atoms with E-state index in [1.54, 1.807) is 32.5 Å². The molecule has 1 atom stereocenters. The molecule has 1 spiro atoms. The number of piperidine rings is 2. The zero-order valence-electron chi connectivity index (χ0n) is 22.0. The minimum atomic E-state index is -5.19. The maximum absolute atomic E-state index is 14.8. The van der Waals surface area contributed by atoms with E-state index in [0.29, 0.717) is 30.7 Å². The second-order valence-corrected chi connectivity index (χ2v) is 11.2. The lowest BCUT2D eigenvalue weighted by molar-refractivity contribution is -0.942. The molecule has 0 aliphatic carbocycles. The number of quaternary nitrogens is 1. The van der Waals surface area contributed by atoms with Gasteiger partial charge < -0.3 is 24.7 Å². The third-order valence-electron chi connectivity index (χ3n) is 8.04. The highest BCUT2D eigenvalue weighted by Crippen LogP contribution is 2.29. The van der Waals surface area contributed by atoms with Gasteiger partial charge in [0.2, 0.25) is 0 Å². The molecule has 2 saturated heterocycles. The van der Waals surface area contributed by atoms with Crippen LogP contribution in [0, 0.1) is 5.82 Å². The van der Waals surface area contributed by atoms with Crippen LogP contribution in [0.1, 0.15) is 53.7 Å². The summed E-state index contributed by atoms with van der Waals surface area (Å²) in [6.45, 7) is 2.48. The summed E-state index contributed by atoms with van der Waals surface area (Å²) in [5.41, 5.74) is 1.78. The van der Waals surface area contributed by atoms with Crippen LogP contribution in [0.4, 0.5) is 17.6 Å². The molecule has 0 saturated carbocycles. The number of carboxylic acids is 1. The van der Waals surface area contributed by atoms with Crippen LogP contribution in [0.2, 0.25) is 10.2 Å². The van der Waals surface area contributed by atoms with Crippen molar-refractivity contribution in [2.24, 2.45) is 0 Å². The van der Waals surface area contributed by atoms with Crippen molar-refractivity contribution >= 4 is 40.6 Å². The second-order valence-electron chi connectivity index (χ2n) is 10.4. The number of nitrogens with zero attached hydrogens (tertiary/aromatic N) is 2. The molecule has 14 heteroatoms. The lowest BCUT2D eigenvalue weighted by Gasteiger charge is -2.47. The van der Waals surface area contributed by atoms with Crippen molar-refractivity contribution in [2.45, 2.75) is 50.2 Å². The second kappa shape index (κ2) is 12.0. The number of rotatable bonds is 3. The van der Waals surface area contributed by atoms with Gasteiger partial charge in [0.15, 0.2) is 0 Å². The Labute approximate surface area is 242 Å². The monoisotopic (exact) mass is 618 g/mol. The van der Waals surface area contributed by atoms with E-state index in [1.807, 2.05) is 0 Å². The van der Waals surface area contributed by atoms with Crippen LogP contribution in [-0.2, 0) is 11.2 Å². The summed E-state index contributed by atoms with van der Waals surface area (Å²) in [5.74, 6) is -3.80. The smallest absolute Gasteiger partial charge is 0.430 e. The van der Waals surface area contributed by atoms with Crippen molar-refractivity contribution in [1.29, 1.82) is 0 Å². The molecule has 4 heterocycles. The summed E-state index contributed by atoms with van der Waals surface area (Å²) in [6, 6.07) is 6.10. The van der Waals surface area contributed by atoms with Gasteiger partial charge in [-0.15, -0.1) is 0 Å². The number of benzene rings is 1. The van der Waals surface area contributed by atoms with E-state index >= 15 is 0 Å². The van der Waals surface area contributed by atoms with Crippen molar-refractivity contribution in [3.63, 3.8) is 0 Å². The molecule has 1 aromatic carbocycles. The summed E-state index contributed by atoms with van der Waals surface area (Å²) < 4.78 is 47.9. The number of carboxylic acid groups (broad SMARTS) is 1. The quantitative estimate of drug-likeness (QED) is 0.441. The van der Waals surface area contributed by atoms with E-state index in [9.17, 15) is 27.2 Å². The number of H-pyrrole nitrogens is 1. The standard InChI is InChI=1S/C25H27Cl2FN4O2.C2HF3O2/c1-30-9-3-2-6-25(30)7-10-31(11-8-25)24(34)18-13-16(4-5-20(18)28)12-17-15-29-23(33)21-14-19(26)22(27)32(17)21;3-2(4,5)1(6)7/h4-5,13-15H,2-3,6-12H2,1H3,(H,29,33);(H,6,7). The highest BCUT2D eigenvalue weighted by Gasteiger charge is 2.44. The Bertz CT molecular complexity index is 1510.